The standard InChI is InChI=1S/C22H23BrN2O6/c1-25(9-3-2-4-10-26)21(29)17-11-14(5-6-15(17)13-27)20(28)24-19-8-7-16(23)12-18(19)22(30)31/h5-8,11-13,26H,2-4,9-10H2,1H3,(H,24,28)(H,30,31). The lowest BCUT2D eigenvalue weighted by atomic mass is 10.0. The number of carbonyl (C=O) groups is 4. The van der Waals surface area contributed by atoms with Crippen molar-refractivity contribution in [2.45, 2.75) is 19.3 Å². The summed E-state index contributed by atoms with van der Waals surface area (Å²) >= 11 is 3.19. The Kier molecular flexibility index (Phi) is 8.89. The van der Waals surface area contributed by atoms with Crippen molar-refractivity contribution in [1.29, 1.82) is 0 Å². The third-order valence-electron chi connectivity index (χ3n) is 4.63. The van der Waals surface area contributed by atoms with E-state index in [-0.39, 0.29) is 34.5 Å². The van der Waals surface area contributed by atoms with E-state index in [9.17, 15) is 24.3 Å². The van der Waals surface area contributed by atoms with Crippen LogP contribution in [0.5, 0.6) is 0 Å². The molecule has 164 valence electrons. The Morgan fingerprint density at radius 1 is 1.06 bits per heavy atom. The molecule has 0 aliphatic carbocycles. The number of halogens is 1. The highest BCUT2D eigenvalue weighted by molar-refractivity contribution is 9.10. The van der Waals surface area contributed by atoms with Crippen molar-refractivity contribution in [2.24, 2.45) is 0 Å². The molecular formula is C22H23BrN2O6. The fraction of sp³-hybridized carbons (Fsp3) is 0.273. The van der Waals surface area contributed by atoms with Crippen molar-refractivity contribution in [3.05, 3.63) is 63.1 Å². The summed E-state index contributed by atoms with van der Waals surface area (Å²) in [5.41, 5.74) is 0.363. The van der Waals surface area contributed by atoms with Crippen molar-refractivity contribution < 1.29 is 29.4 Å². The summed E-state index contributed by atoms with van der Waals surface area (Å²) in [5, 5.41) is 20.7. The number of carbonyl (C=O) groups excluding carboxylic acids is 3. The maximum absolute atomic E-state index is 12.8. The largest absolute Gasteiger partial charge is 0.478 e. The van der Waals surface area contributed by atoms with Gasteiger partial charge in [-0.2, -0.15) is 0 Å². The quantitative estimate of drug-likeness (QED) is 0.346. The molecular weight excluding hydrogens is 468 g/mol. The Morgan fingerprint density at radius 2 is 1.81 bits per heavy atom. The summed E-state index contributed by atoms with van der Waals surface area (Å²) in [5.74, 6) is -2.22. The Balaban J connectivity index is 2.25. The number of hydrogen-bond acceptors (Lipinski definition) is 5. The first-order chi connectivity index (χ1) is 14.8. The minimum Gasteiger partial charge on any atom is -0.478 e. The number of amides is 2. The van der Waals surface area contributed by atoms with Crippen molar-refractivity contribution >= 4 is 45.7 Å². The van der Waals surface area contributed by atoms with Crippen LogP contribution in [-0.2, 0) is 0 Å². The highest BCUT2D eigenvalue weighted by atomic mass is 79.9. The summed E-state index contributed by atoms with van der Waals surface area (Å²) in [6, 6.07) is 8.53. The second-order valence-electron chi connectivity index (χ2n) is 6.88. The molecule has 3 N–H and O–H groups in total. The van der Waals surface area contributed by atoms with E-state index in [1.165, 1.54) is 35.2 Å². The number of aldehydes is 1. The van der Waals surface area contributed by atoms with Crippen molar-refractivity contribution in [2.75, 3.05) is 25.5 Å². The SMILES string of the molecule is CN(CCCCCO)C(=O)c1cc(C(=O)Nc2ccc(Br)cc2C(=O)O)ccc1C=O. The normalized spacial score (nSPS) is 10.4. The lowest BCUT2D eigenvalue weighted by Crippen LogP contribution is -2.29. The molecule has 0 atom stereocenters. The van der Waals surface area contributed by atoms with Gasteiger partial charge in [-0.15, -0.1) is 0 Å². The van der Waals surface area contributed by atoms with Gasteiger partial charge in [-0.3, -0.25) is 14.4 Å². The molecule has 0 aliphatic heterocycles. The Labute approximate surface area is 188 Å². The highest BCUT2D eigenvalue weighted by Crippen LogP contribution is 2.22. The molecule has 2 aromatic carbocycles. The summed E-state index contributed by atoms with van der Waals surface area (Å²) in [6.45, 7) is 0.528. The summed E-state index contributed by atoms with van der Waals surface area (Å²) < 4.78 is 0.549. The minimum atomic E-state index is -1.20. The van der Waals surface area contributed by atoms with Crippen LogP contribution < -0.4 is 5.32 Å². The maximum Gasteiger partial charge on any atom is 0.337 e. The second-order valence-corrected chi connectivity index (χ2v) is 7.80. The van der Waals surface area contributed by atoms with E-state index in [1.54, 1.807) is 13.1 Å². The molecule has 2 rings (SSSR count). The van der Waals surface area contributed by atoms with Crippen LogP contribution in [0.3, 0.4) is 0 Å². The molecule has 2 amide bonds. The van der Waals surface area contributed by atoms with Gasteiger partial charge in [0.2, 0.25) is 0 Å². The number of carboxylic acids is 1. The molecule has 8 nitrogen and oxygen atoms in total. The number of aromatic carboxylic acids is 1. The van der Waals surface area contributed by atoms with Gasteiger partial charge >= 0.3 is 5.97 Å². The fourth-order valence-corrected chi connectivity index (χ4v) is 3.29. The third kappa shape index (κ3) is 6.47. The monoisotopic (exact) mass is 490 g/mol. The van der Waals surface area contributed by atoms with Crippen molar-refractivity contribution in [3.8, 4) is 0 Å². The molecule has 0 spiro atoms. The molecule has 0 saturated heterocycles. The third-order valence-corrected chi connectivity index (χ3v) is 5.12. The number of benzene rings is 2. The molecule has 0 aromatic heterocycles. The first kappa shape index (κ1) is 24.2. The van der Waals surface area contributed by atoms with Gasteiger partial charge in [0.05, 0.1) is 16.8 Å². The predicted molar refractivity (Wildman–Crippen MR) is 119 cm³/mol. The average Bonchev–Trinajstić information content (AvgIpc) is 2.76. The van der Waals surface area contributed by atoms with Gasteiger partial charge in [0.25, 0.3) is 11.8 Å². The topological polar surface area (TPSA) is 124 Å². The number of aliphatic hydroxyl groups is 1. The van der Waals surface area contributed by atoms with Gasteiger partial charge in [-0.1, -0.05) is 22.0 Å². The molecule has 0 aliphatic rings. The van der Waals surface area contributed by atoms with Crippen LogP contribution in [0.25, 0.3) is 0 Å². The molecule has 9 heteroatoms. The number of rotatable bonds is 10. The number of unbranched alkanes of at least 4 members (excludes halogenated alkanes) is 2. The van der Waals surface area contributed by atoms with Gasteiger partial charge in [-0.25, -0.2) is 4.79 Å². The summed E-state index contributed by atoms with van der Waals surface area (Å²) in [4.78, 5) is 49.8. The van der Waals surface area contributed by atoms with Crippen LogP contribution in [-0.4, -0.2) is 59.4 Å². The molecule has 0 unspecified atom stereocenters. The number of anilines is 1. The van der Waals surface area contributed by atoms with E-state index in [4.69, 9.17) is 5.11 Å². The van der Waals surface area contributed by atoms with Crippen molar-refractivity contribution in [1.82, 2.24) is 4.90 Å². The lowest BCUT2D eigenvalue weighted by molar-refractivity contribution is 0.0697. The van der Waals surface area contributed by atoms with Gasteiger partial charge in [0.15, 0.2) is 6.29 Å². The Hall–Kier alpha value is -3.04. The minimum absolute atomic E-state index is 0.0848. The van der Waals surface area contributed by atoms with Crippen LogP contribution in [0.1, 0.15) is 60.7 Å². The van der Waals surface area contributed by atoms with E-state index in [2.05, 4.69) is 21.2 Å². The molecule has 0 radical (unpaired) electrons. The molecule has 0 fully saturated rings. The van der Waals surface area contributed by atoms with Crippen molar-refractivity contribution in [3.63, 3.8) is 0 Å². The fourth-order valence-electron chi connectivity index (χ4n) is 2.93. The molecule has 0 heterocycles. The second kappa shape index (κ2) is 11.4. The van der Waals surface area contributed by atoms with Crippen LogP contribution in [0.2, 0.25) is 0 Å². The first-order valence-electron chi connectivity index (χ1n) is 9.58. The van der Waals surface area contributed by atoms with E-state index in [0.29, 0.717) is 30.1 Å². The zero-order valence-corrected chi connectivity index (χ0v) is 18.5. The van der Waals surface area contributed by atoms with Crippen LogP contribution in [0.15, 0.2) is 40.9 Å². The lowest BCUT2D eigenvalue weighted by Gasteiger charge is -2.18. The summed E-state index contributed by atoms with van der Waals surface area (Å²) in [7, 11) is 1.60. The smallest absolute Gasteiger partial charge is 0.337 e. The van der Waals surface area contributed by atoms with Gasteiger partial charge in [0, 0.05) is 35.8 Å². The highest BCUT2D eigenvalue weighted by Gasteiger charge is 2.19. The predicted octanol–water partition coefficient (Wildman–Crippen LogP) is 3.45. The van der Waals surface area contributed by atoms with Gasteiger partial charge in [0.1, 0.15) is 0 Å². The Bertz CT molecular complexity index is 992. The van der Waals surface area contributed by atoms with E-state index >= 15 is 0 Å². The van der Waals surface area contributed by atoms with Gasteiger partial charge in [-0.05, 0) is 49.6 Å². The molecule has 2 aromatic rings. The number of nitrogens with zero attached hydrogens (tertiary/aromatic N) is 1. The Morgan fingerprint density at radius 3 is 2.45 bits per heavy atom. The number of aliphatic hydroxyl groups excluding tert-OH is 1. The van der Waals surface area contributed by atoms with E-state index < -0.39 is 17.8 Å². The maximum atomic E-state index is 12.8. The number of carboxylic acid groups (broad SMARTS) is 1. The zero-order chi connectivity index (χ0) is 23.0. The average molecular weight is 491 g/mol. The number of hydrogen-bond donors (Lipinski definition) is 3. The van der Waals surface area contributed by atoms with Crippen LogP contribution in [0.4, 0.5) is 5.69 Å². The molecule has 31 heavy (non-hydrogen) atoms. The summed E-state index contributed by atoms with van der Waals surface area (Å²) in [6.07, 6.45) is 2.65. The van der Waals surface area contributed by atoms with Gasteiger partial charge < -0.3 is 20.4 Å². The molecule has 0 saturated carbocycles. The number of nitrogens with one attached hydrogen (secondary N) is 1. The van der Waals surface area contributed by atoms with E-state index in [0.717, 1.165) is 6.42 Å². The molecule has 0 bridgehead atoms. The van der Waals surface area contributed by atoms with Crippen LogP contribution in [0, 0.1) is 0 Å². The van der Waals surface area contributed by atoms with Crippen LogP contribution >= 0.6 is 15.9 Å². The first-order valence-corrected chi connectivity index (χ1v) is 10.4. The zero-order valence-electron chi connectivity index (χ0n) is 16.9. The van der Waals surface area contributed by atoms with E-state index in [1.807, 2.05) is 0 Å².